The van der Waals surface area contributed by atoms with Crippen molar-refractivity contribution in [1.29, 1.82) is 0 Å². The Morgan fingerprint density at radius 2 is 1.86 bits per heavy atom. The van der Waals surface area contributed by atoms with Crippen LogP contribution in [0.3, 0.4) is 0 Å². The number of hydrogen-bond donors (Lipinski definition) is 1. The van der Waals surface area contributed by atoms with Crippen molar-refractivity contribution in [3.05, 3.63) is 61.8 Å². The second-order valence-corrected chi connectivity index (χ2v) is 6.50. The van der Waals surface area contributed by atoms with Crippen LogP contribution < -0.4 is 10.1 Å². The van der Waals surface area contributed by atoms with Crippen molar-refractivity contribution >= 4 is 31.9 Å². The highest BCUT2D eigenvalue weighted by Crippen LogP contribution is 2.35. The normalized spacial score (nSPS) is 12.3. The van der Waals surface area contributed by atoms with Crippen LogP contribution in [0.2, 0.25) is 0 Å². The molecule has 0 saturated heterocycles. The maximum absolute atomic E-state index is 13.7. The van der Waals surface area contributed by atoms with Crippen molar-refractivity contribution in [3.63, 3.8) is 0 Å². The Balaban J connectivity index is 2.61. The van der Waals surface area contributed by atoms with Crippen LogP contribution in [0.15, 0.2) is 39.3 Å². The Labute approximate surface area is 141 Å². The number of nitrogens with one attached hydrogen (secondary N) is 1. The third kappa shape index (κ3) is 3.47. The second kappa shape index (κ2) is 6.90. The summed E-state index contributed by atoms with van der Waals surface area (Å²) in [5, 5.41) is 3.28. The molecule has 2 aromatic carbocycles. The van der Waals surface area contributed by atoms with E-state index in [2.05, 4.69) is 56.2 Å². The van der Waals surface area contributed by atoms with Gasteiger partial charge in [0.1, 0.15) is 11.6 Å². The molecule has 0 aliphatic carbocycles. The minimum Gasteiger partial charge on any atom is -0.496 e. The summed E-state index contributed by atoms with van der Waals surface area (Å²) < 4.78 is 20.5. The van der Waals surface area contributed by atoms with Crippen molar-refractivity contribution in [2.45, 2.75) is 13.0 Å². The molecule has 1 atom stereocenters. The summed E-state index contributed by atoms with van der Waals surface area (Å²) in [6.45, 7) is 2.05. The molecule has 0 aromatic heterocycles. The Hall–Kier alpha value is -0.910. The summed E-state index contributed by atoms with van der Waals surface area (Å²) >= 11 is 6.74. The fraction of sp³-hybridized carbons (Fsp3) is 0.250. The molecule has 5 heteroatoms. The van der Waals surface area contributed by atoms with E-state index >= 15 is 0 Å². The first kappa shape index (κ1) is 16.5. The average molecular weight is 417 g/mol. The Kier molecular flexibility index (Phi) is 5.41. The first-order valence-corrected chi connectivity index (χ1v) is 8.02. The fourth-order valence-electron chi connectivity index (χ4n) is 2.35. The summed E-state index contributed by atoms with van der Waals surface area (Å²) in [6, 6.07) is 9.19. The number of halogens is 3. The van der Waals surface area contributed by atoms with Crippen LogP contribution in [0.1, 0.15) is 22.7 Å². The number of ether oxygens (including phenoxy) is 1. The smallest absolute Gasteiger partial charge is 0.141 e. The minimum absolute atomic E-state index is 0.0886. The summed E-state index contributed by atoms with van der Waals surface area (Å²) in [5.41, 5.74) is 3.15. The van der Waals surface area contributed by atoms with Gasteiger partial charge in [0.05, 0.1) is 17.6 Å². The molecule has 0 aliphatic heterocycles. The van der Waals surface area contributed by atoms with E-state index in [1.807, 2.05) is 13.1 Å². The number of hydrogen-bond acceptors (Lipinski definition) is 2. The SMILES string of the molecule is CNC(c1cc(Br)ccc1C)c1cc(Br)c(F)cc1OC. The third-order valence-electron chi connectivity index (χ3n) is 3.42. The van der Waals surface area contributed by atoms with Gasteiger partial charge in [-0.2, -0.15) is 0 Å². The maximum Gasteiger partial charge on any atom is 0.141 e. The van der Waals surface area contributed by atoms with Crippen LogP contribution in [0.25, 0.3) is 0 Å². The summed E-state index contributed by atoms with van der Waals surface area (Å²) in [4.78, 5) is 0. The molecule has 0 aliphatic rings. The van der Waals surface area contributed by atoms with E-state index < -0.39 is 0 Å². The van der Waals surface area contributed by atoms with Gasteiger partial charge in [0.15, 0.2) is 0 Å². The summed E-state index contributed by atoms with van der Waals surface area (Å²) in [6.07, 6.45) is 0. The van der Waals surface area contributed by atoms with Gasteiger partial charge in [-0.1, -0.05) is 22.0 Å². The lowest BCUT2D eigenvalue weighted by atomic mass is 9.94. The van der Waals surface area contributed by atoms with Gasteiger partial charge < -0.3 is 10.1 Å². The van der Waals surface area contributed by atoms with E-state index in [9.17, 15) is 4.39 Å². The molecule has 2 aromatic rings. The molecule has 1 unspecified atom stereocenters. The second-order valence-electron chi connectivity index (χ2n) is 4.73. The van der Waals surface area contributed by atoms with Gasteiger partial charge >= 0.3 is 0 Å². The minimum atomic E-state index is -0.337. The Morgan fingerprint density at radius 1 is 1.14 bits per heavy atom. The molecule has 0 radical (unpaired) electrons. The zero-order valence-electron chi connectivity index (χ0n) is 12.0. The molecule has 0 fully saturated rings. The number of aryl methyl sites for hydroxylation is 1. The van der Waals surface area contributed by atoms with E-state index in [4.69, 9.17) is 4.74 Å². The van der Waals surface area contributed by atoms with Gasteiger partial charge in [-0.15, -0.1) is 0 Å². The van der Waals surface area contributed by atoms with Crippen LogP contribution in [0.4, 0.5) is 4.39 Å². The van der Waals surface area contributed by atoms with E-state index in [0.717, 1.165) is 21.2 Å². The van der Waals surface area contributed by atoms with Gasteiger partial charge in [0, 0.05) is 16.1 Å². The highest BCUT2D eigenvalue weighted by atomic mass is 79.9. The van der Waals surface area contributed by atoms with Gasteiger partial charge in [0.2, 0.25) is 0 Å². The van der Waals surface area contributed by atoms with Crippen molar-refractivity contribution < 1.29 is 9.13 Å². The topological polar surface area (TPSA) is 21.3 Å². The van der Waals surface area contributed by atoms with Crippen LogP contribution in [0, 0.1) is 12.7 Å². The zero-order chi connectivity index (χ0) is 15.6. The van der Waals surface area contributed by atoms with Gasteiger partial charge in [-0.25, -0.2) is 4.39 Å². The fourth-order valence-corrected chi connectivity index (χ4v) is 3.09. The lowest BCUT2D eigenvalue weighted by Crippen LogP contribution is -2.19. The lowest BCUT2D eigenvalue weighted by molar-refractivity contribution is 0.401. The van der Waals surface area contributed by atoms with Gasteiger partial charge in [0.25, 0.3) is 0 Å². The monoisotopic (exact) mass is 415 g/mol. The molecule has 112 valence electrons. The molecule has 2 nitrogen and oxygen atoms in total. The van der Waals surface area contributed by atoms with Crippen LogP contribution in [-0.2, 0) is 0 Å². The molecule has 21 heavy (non-hydrogen) atoms. The molecule has 0 heterocycles. The lowest BCUT2D eigenvalue weighted by Gasteiger charge is -2.22. The summed E-state index contributed by atoms with van der Waals surface area (Å²) in [7, 11) is 3.42. The molecule has 0 spiro atoms. The van der Waals surface area contributed by atoms with E-state index in [1.165, 1.54) is 6.07 Å². The predicted octanol–water partition coefficient (Wildman–Crippen LogP) is 4.98. The first-order chi connectivity index (χ1) is 9.97. The first-order valence-electron chi connectivity index (χ1n) is 6.44. The van der Waals surface area contributed by atoms with E-state index in [0.29, 0.717) is 10.2 Å². The van der Waals surface area contributed by atoms with Crippen LogP contribution in [-0.4, -0.2) is 14.2 Å². The molecule has 0 saturated carbocycles. The highest BCUT2D eigenvalue weighted by Gasteiger charge is 2.20. The standard InChI is InChI=1S/C16H16Br2FNO/c1-9-4-5-10(17)6-11(9)16(20-2)12-7-13(18)14(19)8-15(12)21-3/h4-8,16,20H,1-3H3. The molecular formula is C16H16Br2FNO. The highest BCUT2D eigenvalue weighted by molar-refractivity contribution is 9.10. The van der Waals surface area contributed by atoms with Crippen molar-refractivity contribution in [1.82, 2.24) is 5.32 Å². The van der Waals surface area contributed by atoms with Gasteiger partial charge in [-0.05, 0) is 59.2 Å². The van der Waals surface area contributed by atoms with Crippen LogP contribution in [0.5, 0.6) is 5.75 Å². The average Bonchev–Trinajstić information content (AvgIpc) is 2.46. The van der Waals surface area contributed by atoms with Crippen LogP contribution >= 0.6 is 31.9 Å². The van der Waals surface area contributed by atoms with Crippen molar-refractivity contribution in [3.8, 4) is 5.75 Å². The molecule has 1 N–H and O–H groups in total. The molecule has 0 bridgehead atoms. The molecule has 2 rings (SSSR count). The summed E-state index contributed by atoms with van der Waals surface area (Å²) in [5.74, 6) is 0.186. The van der Waals surface area contributed by atoms with Crippen molar-refractivity contribution in [2.75, 3.05) is 14.2 Å². The maximum atomic E-state index is 13.7. The Bertz CT molecular complexity index is 661. The predicted molar refractivity (Wildman–Crippen MR) is 90.4 cm³/mol. The van der Waals surface area contributed by atoms with Gasteiger partial charge in [-0.3, -0.25) is 0 Å². The molecular weight excluding hydrogens is 401 g/mol. The zero-order valence-corrected chi connectivity index (χ0v) is 15.2. The number of rotatable bonds is 4. The van der Waals surface area contributed by atoms with E-state index in [1.54, 1.807) is 13.2 Å². The van der Waals surface area contributed by atoms with E-state index in [-0.39, 0.29) is 11.9 Å². The largest absolute Gasteiger partial charge is 0.496 e. The third-order valence-corrected chi connectivity index (χ3v) is 4.53. The Morgan fingerprint density at radius 3 is 2.48 bits per heavy atom. The number of methoxy groups -OCH3 is 1. The molecule has 0 amide bonds. The quantitative estimate of drug-likeness (QED) is 0.759. The van der Waals surface area contributed by atoms with Crippen molar-refractivity contribution in [2.24, 2.45) is 0 Å². The number of benzene rings is 2.